The van der Waals surface area contributed by atoms with Gasteiger partial charge >= 0.3 is 0 Å². The summed E-state index contributed by atoms with van der Waals surface area (Å²) in [6.45, 7) is 4.96. The first kappa shape index (κ1) is 20.3. The summed E-state index contributed by atoms with van der Waals surface area (Å²) in [7, 11) is 1.89. The molecule has 1 aromatic carbocycles. The lowest BCUT2D eigenvalue weighted by atomic mass is 9.80. The van der Waals surface area contributed by atoms with Gasteiger partial charge in [-0.05, 0) is 74.6 Å². The van der Waals surface area contributed by atoms with Crippen molar-refractivity contribution >= 4 is 5.91 Å². The van der Waals surface area contributed by atoms with Gasteiger partial charge < -0.3 is 15.5 Å². The van der Waals surface area contributed by atoms with E-state index in [1.165, 1.54) is 18.4 Å². The average Bonchev–Trinajstić information content (AvgIpc) is 2.65. The van der Waals surface area contributed by atoms with Crippen LogP contribution in [0.25, 0.3) is 0 Å². The minimum atomic E-state index is -0.163. The van der Waals surface area contributed by atoms with Crippen LogP contribution in [0.2, 0.25) is 0 Å². The third-order valence-electron chi connectivity index (χ3n) is 6.60. The van der Waals surface area contributed by atoms with E-state index in [1.54, 1.807) is 19.1 Å². The van der Waals surface area contributed by atoms with E-state index in [4.69, 9.17) is 5.73 Å². The molecule has 4 atom stereocenters. The minimum Gasteiger partial charge on any atom is -0.343 e. The third kappa shape index (κ3) is 5.52. The molecule has 1 aliphatic carbocycles. The Hall–Kier alpha value is -1.46. The molecule has 3 rings (SSSR count). The lowest BCUT2D eigenvalue weighted by Crippen LogP contribution is -2.50. The predicted octanol–water partition coefficient (Wildman–Crippen LogP) is 3.05. The smallest absolute Gasteiger partial charge is 0.219 e. The van der Waals surface area contributed by atoms with Crippen LogP contribution in [0.1, 0.15) is 44.6 Å². The predicted molar refractivity (Wildman–Crippen MR) is 107 cm³/mol. The van der Waals surface area contributed by atoms with Crippen LogP contribution in [0.5, 0.6) is 0 Å². The van der Waals surface area contributed by atoms with Crippen molar-refractivity contribution in [3.05, 3.63) is 35.6 Å². The van der Waals surface area contributed by atoms with E-state index in [0.29, 0.717) is 17.9 Å². The Morgan fingerprint density at radius 3 is 2.67 bits per heavy atom. The van der Waals surface area contributed by atoms with Gasteiger partial charge in [0.1, 0.15) is 5.82 Å². The molecule has 2 N–H and O–H groups in total. The molecule has 0 radical (unpaired) electrons. The number of likely N-dealkylation sites (tertiary alicyclic amines) is 1. The summed E-state index contributed by atoms with van der Waals surface area (Å²) in [5, 5.41) is 0. The molecule has 0 spiro atoms. The molecule has 150 valence electrons. The maximum atomic E-state index is 13.1. The number of halogens is 1. The standard InChI is InChI=1S/C22H34FN3O/c1-16(27)25(2)21-10-7-19(22(24)13-21)15-26-11-3-4-18(14-26)12-17-5-8-20(23)9-6-17/h5-6,8-9,18-19,21-22H,3-4,7,10-15,24H2,1-2H3. The van der Waals surface area contributed by atoms with Gasteiger partial charge in [0.2, 0.25) is 5.91 Å². The van der Waals surface area contributed by atoms with Crippen LogP contribution < -0.4 is 5.73 Å². The van der Waals surface area contributed by atoms with Crippen LogP contribution in [0, 0.1) is 17.7 Å². The zero-order valence-electron chi connectivity index (χ0n) is 16.7. The highest BCUT2D eigenvalue weighted by Crippen LogP contribution is 2.29. The van der Waals surface area contributed by atoms with Gasteiger partial charge in [-0.15, -0.1) is 0 Å². The number of nitrogens with two attached hydrogens (primary N) is 1. The van der Waals surface area contributed by atoms with Gasteiger partial charge in [-0.3, -0.25) is 4.79 Å². The van der Waals surface area contributed by atoms with Crippen LogP contribution in [-0.4, -0.2) is 54.5 Å². The van der Waals surface area contributed by atoms with Crippen molar-refractivity contribution < 1.29 is 9.18 Å². The van der Waals surface area contributed by atoms with Crippen molar-refractivity contribution in [3.63, 3.8) is 0 Å². The van der Waals surface area contributed by atoms with Crippen LogP contribution in [0.4, 0.5) is 4.39 Å². The Kier molecular flexibility index (Phi) is 6.88. The van der Waals surface area contributed by atoms with E-state index in [-0.39, 0.29) is 17.8 Å². The number of carbonyl (C=O) groups is 1. The average molecular weight is 376 g/mol. The number of amides is 1. The Balaban J connectivity index is 1.49. The number of rotatable bonds is 5. The molecule has 1 saturated carbocycles. The van der Waals surface area contributed by atoms with Gasteiger partial charge in [-0.25, -0.2) is 4.39 Å². The number of nitrogens with zero attached hydrogens (tertiary/aromatic N) is 2. The van der Waals surface area contributed by atoms with E-state index in [0.717, 1.165) is 45.3 Å². The molecule has 2 fully saturated rings. The lowest BCUT2D eigenvalue weighted by molar-refractivity contribution is -0.130. The fraction of sp³-hybridized carbons (Fsp3) is 0.682. The largest absolute Gasteiger partial charge is 0.343 e. The van der Waals surface area contributed by atoms with Crippen LogP contribution in [0.15, 0.2) is 24.3 Å². The highest BCUT2D eigenvalue weighted by Gasteiger charge is 2.32. The lowest BCUT2D eigenvalue weighted by Gasteiger charge is -2.41. The topological polar surface area (TPSA) is 49.6 Å². The second kappa shape index (κ2) is 9.16. The molecule has 0 aromatic heterocycles. The van der Waals surface area contributed by atoms with Crippen molar-refractivity contribution in [1.82, 2.24) is 9.80 Å². The van der Waals surface area contributed by atoms with Gasteiger partial charge in [0.15, 0.2) is 0 Å². The highest BCUT2D eigenvalue weighted by molar-refractivity contribution is 5.73. The van der Waals surface area contributed by atoms with Crippen LogP contribution in [0.3, 0.4) is 0 Å². The Labute approximate surface area is 162 Å². The van der Waals surface area contributed by atoms with Crippen molar-refractivity contribution in [2.45, 2.75) is 57.5 Å². The van der Waals surface area contributed by atoms with Gasteiger partial charge in [0, 0.05) is 39.1 Å². The molecule has 1 aromatic rings. The Bertz CT molecular complexity index is 620. The van der Waals surface area contributed by atoms with Gasteiger partial charge in [0.25, 0.3) is 0 Å². The summed E-state index contributed by atoms with van der Waals surface area (Å²) in [5.74, 6) is 1.13. The maximum absolute atomic E-state index is 13.1. The van der Waals surface area contributed by atoms with E-state index in [1.807, 2.05) is 24.1 Å². The number of hydrogen-bond acceptors (Lipinski definition) is 3. The van der Waals surface area contributed by atoms with Crippen molar-refractivity contribution in [1.29, 1.82) is 0 Å². The molecule has 0 bridgehead atoms. The van der Waals surface area contributed by atoms with Gasteiger partial charge in [-0.1, -0.05) is 12.1 Å². The summed E-state index contributed by atoms with van der Waals surface area (Å²) in [6, 6.07) is 7.41. The molecule has 1 heterocycles. The second-order valence-electron chi connectivity index (χ2n) is 8.62. The Morgan fingerprint density at radius 1 is 1.26 bits per heavy atom. The first-order valence-corrected chi connectivity index (χ1v) is 10.4. The van der Waals surface area contributed by atoms with Crippen molar-refractivity contribution in [3.8, 4) is 0 Å². The molecule has 4 unspecified atom stereocenters. The number of benzene rings is 1. The number of piperidine rings is 1. The van der Waals surface area contributed by atoms with Gasteiger partial charge in [0.05, 0.1) is 0 Å². The van der Waals surface area contributed by atoms with Crippen molar-refractivity contribution in [2.24, 2.45) is 17.6 Å². The van der Waals surface area contributed by atoms with Crippen LogP contribution >= 0.6 is 0 Å². The molecule has 27 heavy (non-hydrogen) atoms. The molecule has 5 heteroatoms. The zero-order chi connectivity index (χ0) is 19.4. The Morgan fingerprint density at radius 2 is 2.00 bits per heavy atom. The third-order valence-corrected chi connectivity index (χ3v) is 6.60. The summed E-state index contributed by atoms with van der Waals surface area (Å²) in [5.41, 5.74) is 7.73. The second-order valence-corrected chi connectivity index (χ2v) is 8.62. The van der Waals surface area contributed by atoms with E-state index in [2.05, 4.69) is 4.90 Å². The first-order chi connectivity index (χ1) is 12.9. The summed E-state index contributed by atoms with van der Waals surface area (Å²) >= 11 is 0. The number of carbonyl (C=O) groups excluding carboxylic acids is 1. The minimum absolute atomic E-state index is 0.130. The molecular weight excluding hydrogens is 341 g/mol. The van der Waals surface area contributed by atoms with E-state index in [9.17, 15) is 9.18 Å². The van der Waals surface area contributed by atoms with Crippen molar-refractivity contribution in [2.75, 3.05) is 26.7 Å². The summed E-state index contributed by atoms with van der Waals surface area (Å²) in [4.78, 5) is 16.0. The quantitative estimate of drug-likeness (QED) is 0.861. The van der Waals surface area contributed by atoms with Gasteiger partial charge in [-0.2, -0.15) is 0 Å². The van der Waals surface area contributed by atoms with Crippen LogP contribution in [-0.2, 0) is 11.2 Å². The molecule has 1 aliphatic heterocycles. The monoisotopic (exact) mass is 375 g/mol. The van der Waals surface area contributed by atoms with E-state index < -0.39 is 0 Å². The fourth-order valence-electron chi connectivity index (χ4n) is 4.85. The molecule has 1 amide bonds. The molecular formula is C22H34FN3O. The summed E-state index contributed by atoms with van der Waals surface area (Å²) in [6.07, 6.45) is 6.57. The SMILES string of the molecule is CC(=O)N(C)C1CCC(CN2CCCC(Cc3ccc(F)cc3)C2)C(N)C1. The number of hydrogen-bond donors (Lipinski definition) is 1. The molecule has 2 aliphatic rings. The highest BCUT2D eigenvalue weighted by atomic mass is 19.1. The molecule has 1 saturated heterocycles. The molecule has 4 nitrogen and oxygen atoms in total. The fourth-order valence-corrected chi connectivity index (χ4v) is 4.85. The summed E-state index contributed by atoms with van der Waals surface area (Å²) < 4.78 is 13.1. The zero-order valence-corrected chi connectivity index (χ0v) is 16.7. The van der Waals surface area contributed by atoms with E-state index >= 15 is 0 Å². The first-order valence-electron chi connectivity index (χ1n) is 10.4. The normalized spacial score (nSPS) is 29.5. The maximum Gasteiger partial charge on any atom is 0.219 e.